The number of nitrogens with zero attached hydrogens (tertiary/aromatic N) is 2. The van der Waals surface area contributed by atoms with E-state index in [0.29, 0.717) is 12.4 Å². The minimum atomic E-state index is 0.248. The summed E-state index contributed by atoms with van der Waals surface area (Å²) in [6.45, 7) is 0.775. The van der Waals surface area contributed by atoms with Crippen LogP contribution in [0.1, 0.15) is 11.5 Å². The van der Waals surface area contributed by atoms with Gasteiger partial charge in [-0.3, -0.25) is 0 Å². The summed E-state index contributed by atoms with van der Waals surface area (Å²) >= 11 is 0. The first-order chi connectivity index (χ1) is 7.38. The molecule has 0 saturated carbocycles. The maximum atomic E-state index is 5.47. The number of nitrogens with two attached hydrogens (primary N) is 1. The lowest BCUT2D eigenvalue weighted by molar-refractivity contribution is 0.242. The molecule has 2 aromatic rings. The van der Waals surface area contributed by atoms with E-state index >= 15 is 0 Å². The van der Waals surface area contributed by atoms with E-state index < -0.39 is 0 Å². The van der Waals surface area contributed by atoms with Crippen molar-refractivity contribution in [3.8, 4) is 5.75 Å². The van der Waals surface area contributed by atoms with E-state index in [1.807, 2.05) is 24.3 Å². The first kappa shape index (κ1) is 9.67. The number of benzene rings is 1. The summed E-state index contributed by atoms with van der Waals surface area (Å²) in [5.74, 6) is 1.14. The molecule has 0 bridgehead atoms. The van der Waals surface area contributed by atoms with Gasteiger partial charge < -0.3 is 15.0 Å². The van der Waals surface area contributed by atoms with Gasteiger partial charge in [-0.15, -0.1) is 0 Å². The van der Waals surface area contributed by atoms with Gasteiger partial charge in [0.25, 0.3) is 5.89 Å². The highest BCUT2D eigenvalue weighted by molar-refractivity contribution is 5.27. The monoisotopic (exact) mass is 204 g/mol. The maximum absolute atomic E-state index is 5.47. The second kappa shape index (κ2) is 4.56. The number of ether oxygens (including phenoxy) is 1. The van der Waals surface area contributed by atoms with E-state index in [0.717, 1.165) is 11.3 Å². The van der Waals surface area contributed by atoms with E-state index in [-0.39, 0.29) is 6.61 Å². The molecule has 2 rings (SSSR count). The molecule has 0 saturated heterocycles. The number of rotatable bonds is 4. The summed E-state index contributed by atoms with van der Waals surface area (Å²) in [5, 5.41) is 3.35. The predicted octanol–water partition coefficient (Wildman–Crippen LogP) is 0.907. The second-order valence-electron chi connectivity index (χ2n) is 2.92. The summed E-state index contributed by atoms with van der Waals surface area (Å²) in [5.41, 5.74) is 6.54. The maximum Gasteiger partial charge on any atom is 0.264 e. The topological polar surface area (TPSA) is 74.2 Å². The fraction of sp³-hybridized carbons (Fsp3) is 0.200. The number of hydrogen-bond acceptors (Lipinski definition) is 5. The summed E-state index contributed by atoms with van der Waals surface area (Å²) < 4.78 is 10.1. The molecule has 0 aliphatic rings. The number of aromatic nitrogens is 2. The van der Waals surface area contributed by atoms with Crippen molar-refractivity contribution in [2.75, 3.05) is 0 Å². The van der Waals surface area contributed by atoms with Crippen molar-refractivity contribution in [2.24, 2.45) is 5.73 Å². The Kier molecular flexibility index (Phi) is 2.94. The van der Waals surface area contributed by atoms with Crippen LogP contribution in [0.2, 0.25) is 0 Å². The zero-order chi connectivity index (χ0) is 10.5. The molecule has 5 heteroatoms. The highest BCUT2D eigenvalue weighted by Gasteiger charge is 2.00. The Bertz CT molecular complexity index is 397. The lowest BCUT2D eigenvalue weighted by Crippen LogP contribution is -1.97. The number of hydrogen-bond donors (Lipinski definition) is 1. The summed E-state index contributed by atoms with van der Waals surface area (Å²) in [7, 11) is 0. The normalized spacial score (nSPS) is 10.2. The smallest absolute Gasteiger partial charge is 0.264 e. The Labute approximate surface area is 86.9 Å². The van der Waals surface area contributed by atoms with Crippen LogP contribution in [0.4, 0.5) is 0 Å². The first-order valence-electron chi connectivity index (χ1n) is 4.49. The van der Waals surface area contributed by atoms with Crippen LogP contribution in [0.3, 0.4) is 0 Å². The van der Waals surface area contributed by atoms with Gasteiger partial charge in [-0.1, -0.05) is 17.3 Å². The summed E-state index contributed by atoms with van der Waals surface area (Å²) in [6, 6.07) is 7.52. The molecule has 1 heterocycles. The van der Waals surface area contributed by atoms with E-state index in [9.17, 15) is 0 Å². The van der Waals surface area contributed by atoms with Crippen LogP contribution in [-0.4, -0.2) is 10.1 Å². The molecule has 0 aliphatic carbocycles. The van der Waals surface area contributed by atoms with Crippen molar-refractivity contribution < 1.29 is 9.26 Å². The molecule has 0 fully saturated rings. The van der Waals surface area contributed by atoms with Crippen molar-refractivity contribution in [1.29, 1.82) is 0 Å². The van der Waals surface area contributed by atoms with Crippen LogP contribution >= 0.6 is 0 Å². The minimum absolute atomic E-state index is 0.248. The van der Waals surface area contributed by atoms with E-state index in [1.54, 1.807) is 0 Å². The Hall–Kier alpha value is -1.88. The Morgan fingerprint density at radius 2 is 2.13 bits per heavy atom. The molecule has 5 nitrogen and oxygen atoms in total. The molecule has 1 aromatic carbocycles. The van der Waals surface area contributed by atoms with Crippen molar-refractivity contribution in [2.45, 2.75) is 13.2 Å². The van der Waals surface area contributed by atoms with Crippen LogP contribution < -0.4 is 10.5 Å². The van der Waals surface area contributed by atoms with Gasteiger partial charge in [-0.05, 0) is 17.7 Å². The third-order valence-corrected chi connectivity index (χ3v) is 1.89. The summed E-state index contributed by atoms with van der Waals surface area (Å²) in [4.78, 5) is 3.72. The molecular formula is C10H10N3O2. The highest BCUT2D eigenvalue weighted by atomic mass is 16.5. The van der Waals surface area contributed by atoms with Crippen LogP contribution in [0.15, 0.2) is 28.8 Å². The van der Waals surface area contributed by atoms with E-state index in [2.05, 4.69) is 16.5 Å². The average molecular weight is 204 g/mol. The van der Waals surface area contributed by atoms with Gasteiger partial charge in [0.05, 0.1) is 0 Å². The molecule has 1 aromatic heterocycles. The van der Waals surface area contributed by atoms with Crippen molar-refractivity contribution in [1.82, 2.24) is 10.1 Å². The van der Waals surface area contributed by atoms with Crippen LogP contribution in [0, 0.1) is 6.33 Å². The van der Waals surface area contributed by atoms with Crippen LogP contribution in [-0.2, 0) is 13.2 Å². The van der Waals surface area contributed by atoms with Gasteiger partial charge in [0, 0.05) is 6.54 Å². The third kappa shape index (κ3) is 2.54. The van der Waals surface area contributed by atoms with Crippen molar-refractivity contribution in [3.05, 3.63) is 42.0 Å². The fourth-order valence-corrected chi connectivity index (χ4v) is 1.10. The SMILES string of the molecule is NCc1ccc(OCc2n[c]no2)cc1. The molecular weight excluding hydrogens is 194 g/mol. The molecule has 1 radical (unpaired) electrons. The van der Waals surface area contributed by atoms with Gasteiger partial charge in [-0.2, -0.15) is 4.98 Å². The molecule has 2 N–H and O–H groups in total. The van der Waals surface area contributed by atoms with Crippen molar-refractivity contribution >= 4 is 0 Å². The van der Waals surface area contributed by atoms with Gasteiger partial charge in [0.2, 0.25) is 6.33 Å². The van der Waals surface area contributed by atoms with Crippen LogP contribution in [0.5, 0.6) is 5.75 Å². The quantitative estimate of drug-likeness (QED) is 0.801. The molecule has 15 heavy (non-hydrogen) atoms. The molecule has 0 aliphatic heterocycles. The molecule has 0 unspecified atom stereocenters. The highest BCUT2D eigenvalue weighted by Crippen LogP contribution is 2.13. The first-order valence-corrected chi connectivity index (χ1v) is 4.49. The lowest BCUT2D eigenvalue weighted by Gasteiger charge is -2.03. The van der Waals surface area contributed by atoms with Crippen molar-refractivity contribution in [3.63, 3.8) is 0 Å². The average Bonchev–Trinajstić information content (AvgIpc) is 2.80. The van der Waals surface area contributed by atoms with Gasteiger partial charge in [0.15, 0.2) is 6.61 Å². The van der Waals surface area contributed by atoms with E-state index in [1.165, 1.54) is 0 Å². The molecule has 77 valence electrons. The fourth-order valence-electron chi connectivity index (χ4n) is 1.10. The molecule has 0 atom stereocenters. The Morgan fingerprint density at radius 1 is 1.33 bits per heavy atom. The Balaban J connectivity index is 1.93. The lowest BCUT2D eigenvalue weighted by atomic mass is 10.2. The zero-order valence-corrected chi connectivity index (χ0v) is 8.01. The second-order valence-corrected chi connectivity index (χ2v) is 2.92. The standard InChI is InChI=1S/C10H10N3O2/c11-5-8-1-3-9(4-2-8)14-6-10-12-7-13-15-10/h1-4H,5-6,11H2. The van der Waals surface area contributed by atoms with E-state index in [4.69, 9.17) is 15.0 Å². The van der Waals surface area contributed by atoms with Gasteiger partial charge >= 0.3 is 0 Å². The predicted molar refractivity (Wildman–Crippen MR) is 51.8 cm³/mol. The minimum Gasteiger partial charge on any atom is -0.484 e. The largest absolute Gasteiger partial charge is 0.484 e. The molecule has 0 amide bonds. The summed E-state index contributed by atoms with van der Waals surface area (Å²) in [6.07, 6.45) is 2.32. The van der Waals surface area contributed by atoms with Crippen LogP contribution in [0.25, 0.3) is 0 Å². The molecule has 0 spiro atoms. The van der Waals surface area contributed by atoms with Gasteiger partial charge in [-0.25, -0.2) is 0 Å². The zero-order valence-electron chi connectivity index (χ0n) is 8.01. The van der Waals surface area contributed by atoms with Gasteiger partial charge in [0.1, 0.15) is 5.75 Å². The third-order valence-electron chi connectivity index (χ3n) is 1.89. The Morgan fingerprint density at radius 3 is 2.73 bits per heavy atom.